The second-order valence-corrected chi connectivity index (χ2v) is 4.71. The maximum atomic E-state index is 11.7. The predicted molar refractivity (Wildman–Crippen MR) is 75.6 cm³/mol. The molecule has 1 atom stereocenters. The van der Waals surface area contributed by atoms with Crippen LogP contribution in [0.4, 0.5) is 5.82 Å². The summed E-state index contributed by atoms with van der Waals surface area (Å²) in [4.78, 5) is 14.1. The van der Waals surface area contributed by atoms with Crippen LogP contribution in [0.2, 0.25) is 0 Å². The van der Waals surface area contributed by atoms with Gasteiger partial charge < -0.3 is 15.2 Å². The number of carbonyl (C=O) groups excluding carboxylic acids is 1. The zero-order valence-electron chi connectivity index (χ0n) is 11.3. The molecule has 19 heavy (non-hydrogen) atoms. The lowest BCUT2D eigenvalue weighted by molar-refractivity contribution is -0.116. The van der Waals surface area contributed by atoms with Crippen molar-refractivity contribution in [2.45, 2.75) is 26.3 Å². The summed E-state index contributed by atoms with van der Waals surface area (Å²) in [6.45, 7) is 7.73. The number of hydrogen-bond donors (Lipinski definition) is 2. The van der Waals surface area contributed by atoms with Crippen LogP contribution in [-0.2, 0) is 4.79 Å². The van der Waals surface area contributed by atoms with E-state index in [0.29, 0.717) is 24.0 Å². The molecule has 1 amide bonds. The average Bonchev–Trinajstić information content (AvgIpc) is 2.74. The van der Waals surface area contributed by atoms with E-state index in [1.807, 2.05) is 0 Å². The highest BCUT2D eigenvalue weighted by Gasteiger charge is 2.18. The van der Waals surface area contributed by atoms with Crippen LogP contribution in [0.1, 0.15) is 19.1 Å². The first-order chi connectivity index (χ1) is 8.65. The Morgan fingerprint density at radius 3 is 3.11 bits per heavy atom. The van der Waals surface area contributed by atoms with E-state index in [0.717, 1.165) is 26.2 Å². The number of halogens is 1. The SMILES string of the molecule is Cc1cc(NC(=O)CCN2CCNC[C@H]2C)no1.Cl. The van der Waals surface area contributed by atoms with Gasteiger partial charge >= 0.3 is 0 Å². The fourth-order valence-corrected chi connectivity index (χ4v) is 2.09. The minimum absolute atomic E-state index is 0. The van der Waals surface area contributed by atoms with E-state index in [2.05, 4.69) is 27.6 Å². The molecular weight excluding hydrogens is 268 g/mol. The molecular formula is C12H21ClN4O2. The van der Waals surface area contributed by atoms with Crippen molar-refractivity contribution in [2.24, 2.45) is 0 Å². The van der Waals surface area contributed by atoms with Crippen LogP contribution in [0.5, 0.6) is 0 Å². The van der Waals surface area contributed by atoms with Crippen molar-refractivity contribution < 1.29 is 9.32 Å². The Morgan fingerprint density at radius 1 is 1.68 bits per heavy atom. The van der Waals surface area contributed by atoms with Gasteiger partial charge in [-0.3, -0.25) is 9.69 Å². The summed E-state index contributed by atoms with van der Waals surface area (Å²) in [5.41, 5.74) is 0. The van der Waals surface area contributed by atoms with E-state index in [-0.39, 0.29) is 18.3 Å². The molecule has 0 aromatic carbocycles. The summed E-state index contributed by atoms with van der Waals surface area (Å²) in [5.74, 6) is 1.17. The number of rotatable bonds is 4. The second-order valence-electron chi connectivity index (χ2n) is 4.71. The Morgan fingerprint density at radius 2 is 2.47 bits per heavy atom. The van der Waals surface area contributed by atoms with Gasteiger partial charge in [-0.15, -0.1) is 12.4 Å². The highest BCUT2D eigenvalue weighted by Crippen LogP contribution is 2.08. The van der Waals surface area contributed by atoms with Crippen LogP contribution in [0.25, 0.3) is 0 Å². The number of hydrogen-bond acceptors (Lipinski definition) is 5. The molecule has 0 radical (unpaired) electrons. The normalized spacial score (nSPS) is 19.8. The number of nitrogens with zero attached hydrogens (tertiary/aromatic N) is 2. The largest absolute Gasteiger partial charge is 0.360 e. The quantitative estimate of drug-likeness (QED) is 0.866. The Balaban J connectivity index is 0.00000180. The third kappa shape index (κ3) is 4.81. The number of nitrogens with one attached hydrogen (secondary N) is 2. The van der Waals surface area contributed by atoms with E-state index >= 15 is 0 Å². The Bertz CT molecular complexity index is 410. The minimum Gasteiger partial charge on any atom is -0.360 e. The average molecular weight is 289 g/mol. The van der Waals surface area contributed by atoms with Crippen LogP contribution in [0.15, 0.2) is 10.6 Å². The fraction of sp³-hybridized carbons (Fsp3) is 0.667. The Labute approximate surface area is 119 Å². The van der Waals surface area contributed by atoms with Gasteiger partial charge in [0.1, 0.15) is 5.76 Å². The van der Waals surface area contributed by atoms with Gasteiger partial charge in [0.25, 0.3) is 0 Å². The van der Waals surface area contributed by atoms with Crippen LogP contribution in [0, 0.1) is 6.92 Å². The summed E-state index contributed by atoms with van der Waals surface area (Å²) in [6.07, 6.45) is 0.482. The van der Waals surface area contributed by atoms with Crippen molar-refractivity contribution in [3.05, 3.63) is 11.8 Å². The van der Waals surface area contributed by atoms with Gasteiger partial charge in [0.2, 0.25) is 5.91 Å². The van der Waals surface area contributed by atoms with E-state index in [4.69, 9.17) is 4.52 Å². The van der Waals surface area contributed by atoms with Crippen molar-refractivity contribution in [3.8, 4) is 0 Å². The van der Waals surface area contributed by atoms with E-state index in [1.54, 1.807) is 13.0 Å². The monoisotopic (exact) mass is 288 g/mol. The molecule has 1 aromatic heterocycles. The molecule has 0 aliphatic carbocycles. The first kappa shape index (κ1) is 15.9. The molecule has 7 heteroatoms. The van der Waals surface area contributed by atoms with Crippen molar-refractivity contribution in [3.63, 3.8) is 0 Å². The predicted octanol–water partition coefficient (Wildman–Crippen LogP) is 1.03. The van der Waals surface area contributed by atoms with Crippen LogP contribution < -0.4 is 10.6 Å². The van der Waals surface area contributed by atoms with Crippen molar-refractivity contribution in [1.29, 1.82) is 0 Å². The zero-order valence-corrected chi connectivity index (χ0v) is 12.1. The number of carbonyl (C=O) groups is 1. The molecule has 1 fully saturated rings. The molecule has 6 nitrogen and oxygen atoms in total. The van der Waals surface area contributed by atoms with Crippen LogP contribution >= 0.6 is 12.4 Å². The van der Waals surface area contributed by atoms with Crippen LogP contribution in [-0.4, -0.2) is 48.2 Å². The lowest BCUT2D eigenvalue weighted by atomic mass is 10.2. The number of aryl methyl sites for hydroxylation is 1. The second kappa shape index (κ2) is 7.47. The Kier molecular flexibility index (Phi) is 6.27. The van der Waals surface area contributed by atoms with E-state index < -0.39 is 0 Å². The van der Waals surface area contributed by atoms with Crippen molar-refractivity contribution in [1.82, 2.24) is 15.4 Å². The first-order valence-electron chi connectivity index (χ1n) is 6.33. The lowest BCUT2D eigenvalue weighted by Gasteiger charge is -2.33. The topological polar surface area (TPSA) is 70.4 Å². The third-order valence-corrected chi connectivity index (χ3v) is 3.16. The van der Waals surface area contributed by atoms with Gasteiger partial charge in [0.15, 0.2) is 5.82 Å². The highest BCUT2D eigenvalue weighted by atomic mass is 35.5. The molecule has 0 saturated carbocycles. The molecule has 2 N–H and O–H groups in total. The van der Waals surface area contributed by atoms with Gasteiger partial charge in [0.05, 0.1) is 0 Å². The smallest absolute Gasteiger partial charge is 0.226 e. The molecule has 1 aliphatic rings. The van der Waals surface area contributed by atoms with E-state index in [9.17, 15) is 4.79 Å². The molecule has 1 aromatic rings. The van der Waals surface area contributed by atoms with E-state index in [1.165, 1.54) is 0 Å². The molecule has 0 unspecified atom stereocenters. The van der Waals surface area contributed by atoms with Gasteiger partial charge in [-0.1, -0.05) is 5.16 Å². The van der Waals surface area contributed by atoms with Crippen molar-refractivity contribution >= 4 is 24.1 Å². The van der Waals surface area contributed by atoms with Crippen molar-refractivity contribution in [2.75, 3.05) is 31.5 Å². The van der Waals surface area contributed by atoms with Gasteiger partial charge in [0, 0.05) is 44.7 Å². The maximum absolute atomic E-state index is 11.7. The molecule has 2 rings (SSSR count). The van der Waals surface area contributed by atoms with Crippen LogP contribution in [0.3, 0.4) is 0 Å². The van der Waals surface area contributed by atoms with Gasteiger partial charge in [-0.25, -0.2) is 0 Å². The summed E-state index contributed by atoms with van der Waals surface area (Å²) in [7, 11) is 0. The summed E-state index contributed by atoms with van der Waals surface area (Å²) >= 11 is 0. The summed E-state index contributed by atoms with van der Waals surface area (Å²) in [6, 6.07) is 2.20. The standard InChI is InChI=1S/C12H20N4O2.ClH/c1-9-8-13-4-6-16(9)5-3-12(17)14-11-7-10(2)18-15-11;/h7,9,13H,3-6,8H2,1-2H3,(H,14,15,17);1H/t9-;/m1./s1. The summed E-state index contributed by atoms with van der Waals surface area (Å²) < 4.78 is 4.89. The zero-order chi connectivity index (χ0) is 13.0. The highest BCUT2D eigenvalue weighted by molar-refractivity contribution is 5.89. The van der Waals surface area contributed by atoms with Gasteiger partial charge in [-0.05, 0) is 13.8 Å². The fourth-order valence-electron chi connectivity index (χ4n) is 2.09. The Hall–Kier alpha value is -1.11. The molecule has 1 aliphatic heterocycles. The summed E-state index contributed by atoms with van der Waals surface area (Å²) in [5, 5.41) is 9.80. The number of aromatic nitrogens is 1. The number of piperazine rings is 1. The molecule has 108 valence electrons. The first-order valence-corrected chi connectivity index (χ1v) is 6.33. The lowest BCUT2D eigenvalue weighted by Crippen LogP contribution is -2.50. The third-order valence-electron chi connectivity index (χ3n) is 3.16. The molecule has 2 heterocycles. The molecule has 1 saturated heterocycles. The number of anilines is 1. The van der Waals surface area contributed by atoms with Gasteiger partial charge in [-0.2, -0.15) is 0 Å². The maximum Gasteiger partial charge on any atom is 0.226 e. The molecule has 0 bridgehead atoms. The number of amides is 1. The minimum atomic E-state index is -0.0194. The molecule has 0 spiro atoms.